The van der Waals surface area contributed by atoms with Gasteiger partial charge in [-0.05, 0) is 145 Å². The fourth-order valence-corrected chi connectivity index (χ4v) is 9.49. The Kier molecular flexibility index (Phi) is 8.53. The maximum atomic E-state index is 2.39. The van der Waals surface area contributed by atoms with Gasteiger partial charge in [-0.25, -0.2) is 0 Å². The lowest BCUT2D eigenvalue weighted by Crippen LogP contribution is -2.10. The molecule has 0 bridgehead atoms. The second-order valence-electron chi connectivity index (χ2n) is 16.2. The first-order valence-electron chi connectivity index (χ1n) is 21.3. The van der Waals surface area contributed by atoms with Gasteiger partial charge in [0.15, 0.2) is 0 Å². The van der Waals surface area contributed by atoms with Crippen LogP contribution in [0.5, 0.6) is 0 Å². The molecule has 0 N–H and O–H groups in total. The highest BCUT2D eigenvalue weighted by Crippen LogP contribution is 2.40. The van der Waals surface area contributed by atoms with Crippen molar-refractivity contribution in [2.45, 2.75) is 0 Å². The van der Waals surface area contributed by atoms with Gasteiger partial charge in [0.2, 0.25) is 0 Å². The molecule has 0 radical (unpaired) electrons. The highest BCUT2D eigenvalue weighted by Gasteiger charge is 2.17. The number of para-hydroxylation sites is 2. The molecular weight excluding hydrogens is 749 g/mol. The van der Waals surface area contributed by atoms with Crippen molar-refractivity contribution in [2.75, 3.05) is 4.90 Å². The van der Waals surface area contributed by atoms with Gasteiger partial charge < -0.3 is 9.47 Å². The van der Waals surface area contributed by atoms with E-state index in [9.17, 15) is 0 Å². The number of aromatic nitrogens is 1. The first-order chi connectivity index (χ1) is 30.7. The van der Waals surface area contributed by atoms with E-state index in [-0.39, 0.29) is 0 Å². The Balaban J connectivity index is 0.938. The summed E-state index contributed by atoms with van der Waals surface area (Å²) in [6.07, 6.45) is 0. The summed E-state index contributed by atoms with van der Waals surface area (Å²) in [5.74, 6) is 0. The predicted octanol–water partition coefficient (Wildman–Crippen LogP) is 16.7. The van der Waals surface area contributed by atoms with Crippen molar-refractivity contribution in [2.24, 2.45) is 0 Å². The van der Waals surface area contributed by atoms with Gasteiger partial charge in [0.25, 0.3) is 0 Å². The molecule has 290 valence electrons. The molecule has 0 fully saturated rings. The molecule has 0 spiro atoms. The van der Waals surface area contributed by atoms with Gasteiger partial charge >= 0.3 is 0 Å². The molecule has 0 unspecified atom stereocenters. The first-order valence-corrected chi connectivity index (χ1v) is 21.3. The van der Waals surface area contributed by atoms with E-state index in [1.165, 1.54) is 87.5 Å². The van der Waals surface area contributed by atoms with E-state index < -0.39 is 0 Å². The molecule has 1 heterocycles. The Labute approximate surface area is 360 Å². The molecule has 0 saturated heterocycles. The molecule has 2 heteroatoms. The minimum Gasteiger partial charge on any atom is -0.310 e. The highest BCUT2D eigenvalue weighted by atomic mass is 15.1. The Hall–Kier alpha value is -8.20. The number of rotatable bonds is 7. The summed E-state index contributed by atoms with van der Waals surface area (Å²) < 4.78 is 2.39. The number of benzene rings is 11. The van der Waals surface area contributed by atoms with E-state index in [1.807, 2.05) is 0 Å². The Morgan fingerprint density at radius 1 is 0.258 bits per heavy atom. The average Bonchev–Trinajstić information content (AvgIpc) is 3.68. The summed E-state index contributed by atoms with van der Waals surface area (Å²) in [6, 6.07) is 88.5. The van der Waals surface area contributed by atoms with Gasteiger partial charge in [0.1, 0.15) is 0 Å². The van der Waals surface area contributed by atoms with Gasteiger partial charge in [-0.1, -0.05) is 164 Å². The van der Waals surface area contributed by atoms with Crippen LogP contribution in [-0.4, -0.2) is 4.57 Å². The Bertz CT molecular complexity index is 3570. The maximum absolute atomic E-state index is 2.39. The first kappa shape index (κ1) is 35.7. The number of fused-ring (bicyclic) bond motifs is 6. The van der Waals surface area contributed by atoms with Crippen molar-refractivity contribution < 1.29 is 0 Å². The minimum absolute atomic E-state index is 1.09. The topological polar surface area (TPSA) is 8.17 Å². The standard InChI is InChI=1S/C60H40N2/c1-2-14-45-37-50-38-47(26-27-48(50)36-44(45)13-1)42-30-34-52(35-31-42)61(53-18-10-17-49(40-53)56-23-11-15-43-12-3-4-20-55(43)56)51-32-28-41(29-33-51)46-16-9-19-54(39-46)62-59-24-7-5-21-57(59)58-22-6-8-25-60(58)62/h1-40H. The fraction of sp³-hybridized carbons (Fsp3) is 0. The SMILES string of the molecule is c1cc(-c2cccc3ccccc23)cc(N(c2ccc(-c3cccc(-n4c5ccccc5c5ccccc54)c3)cc2)c2ccc(-c3ccc4cc5ccccc5cc4c3)cc2)c1. The third-order valence-electron chi connectivity index (χ3n) is 12.5. The van der Waals surface area contributed by atoms with Gasteiger partial charge in [-0.15, -0.1) is 0 Å². The smallest absolute Gasteiger partial charge is 0.0541 e. The Morgan fingerprint density at radius 2 is 0.758 bits per heavy atom. The number of anilines is 3. The van der Waals surface area contributed by atoms with Crippen molar-refractivity contribution in [1.29, 1.82) is 0 Å². The van der Waals surface area contributed by atoms with Crippen LogP contribution >= 0.6 is 0 Å². The van der Waals surface area contributed by atoms with Crippen LogP contribution in [-0.2, 0) is 0 Å². The zero-order chi connectivity index (χ0) is 41.0. The summed E-state index contributed by atoms with van der Waals surface area (Å²) in [5, 5.41) is 10.0. The third-order valence-corrected chi connectivity index (χ3v) is 12.5. The van der Waals surface area contributed by atoms with E-state index in [4.69, 9.17) is 0 Å². The quantitative estimate of drug-likeness (QED) is 0.146. The number of hydrogen-bond donors (Lipinski definition) is 0. The van der Waals surface area contributed by atoms with E-state index in [1.54, 1.807) is 0 Å². The summed E-state index contributed by atoms with van der Waals surface area (Å²) in [6.45, 7) is 0. The van der Waals surface area contributed by atoms with Crippen molar-refractivity contribution in [3.05, 3.63) is 243 Å². The zero-order valence-corrected chi connectivity index (χ0v) is 34.0. The van der Waals surface area contributed by atoms with Crippen LogP contribution in [0.15, 0.2) is 243 Å². The zero-order valence-electron chi connectivity index (χ0n) is 34.0. The molecule has 11 aromatic carbocycles. The molecule has 0 atom stereocenters. The lowest BCUT2D eigenvalue weighted by Gasteiger charge is -2.26. The fourth-order valence-electron chi connectivity index (χ4n) is 9.49. The van der Waals surface area contributed by atoms with Gasteiger partial charge in [-0.2, -0.15) is 0 Å². The minimum atomic E-state index is 1.09. The van der Waals surface area contributed by atoms with Crippen molar-refractivity contribution in [1.82, 2.24) is 4.57 Å². The number of hydrogen-bond acceptors (Lipinski definition) is 1. The molecule has 0 amide bonds. The van der Waals surface area contributed by atoms with Crippen LogP contribution in [0.4, 0.5) is 17.1 Å². The third kappa shape index (κ3) is 6.20. The van der Waals surface area contributed by atoms with Crippen LogP contribution in [0.25, 0.3) is 93.2 Å². The molecule has 0 aliphatic rings. The molecular formula is C60H40N2. The van der Waals surface area contributed by atoms with Gasteiger partial charge in [0, 0.05) is 33.5 Å². The second-order valence-corrected chi connectivity index (χ2v) is 16.2. The molecule has 1 aromatic heterocycles. The summed E-state index contributed by atoms with van der Waals surface area (Å²) in [5.41, 5.74) is 14.0. The van der Waals surface area contributed by atoms with Crippen molar-refractivity contribution in [3.8, 4) is 39.1 Å². The van der Waals surface area contributed by atoms with Gasteiger partial charge in [-0.3, -0.25) is 0 Å². The van der Waals surface area contributed by atoms with E-state index >= 15 is 0 Å². The molecule has 62 heavy (non-hydrogen) atoms. The summed E-state index contributed by atoms with van der Waals surface area (Å²) in [7, 11) is 0. The maximum Gasteiger partial charge on any atom is 0.0541 e. The highest BCUT2D eigenvalue weighted by molar-refractivity contribution is 6.09. The second kappa shape index (κ2) is 14.8. The lowest BCUT2D eigenvalue weighted by molar-refractivity contribution is 1.18. The van der Waals surface area contributed by atoms with Crippen LogP contribution < -0.4 is 4.90 Å². The van der Waals surface area contributed by atoms with E-state index in [0.29, 0.717) is 0 Å². The van der Waals surface area contributed by atoms with Crippen LogP contribution in [0.2, 0.25) is 0 Å². The lowest BCUT2D eigenvalue weighted by atomic mass is 9.97. The van der Waals surface area contributed by atoms with Crippen LogP contribution in [0.3, 0.4) is 0 Å². The normalized spacial score (nSPS) is 11.5. The molecule has 0 aliphatic carbocycles. The van der Waals surface area contributed by atoms with Crippen LogP contribution in [0, 0.1) is 0 Å². The monoisotopic (exact) mass is 788 g/mol. The van der Waals surface area contributed by atoms with Crippen molar-refractivity contribution >= 4 is 71.2 Å². The molecule has 0 saturated carbocycles. The van der Waals surface area contributed by atoms with E-state index in [2.05, 4.69) is 252 Å². The predicted molar refractivity (Wildman–Crippen MR) is 264 cm³/mol. The molecule has 0 aliphatic heterocycles. The molecule has 2 nitrogen and oxygen atoms in total. The average molecular weight is 789 g/mol. The Morgan fingerprint density at radius 3 is 1.45 bits per heavy atom. The molecule has 12 aromatic rings. The van der Waals surface area contributed by atoms with E-state index in [0.717, 1.165) is 22.7 Å². The number of nitrogens with zero attached hydrogens (tertiary/aromatic N) is 2. The van der Waals surface area contributed by atoms with Gasteiger partial charge in [0.05, 0.1) is 11.0 Å². The van der Waals surface area contributed by atoms with Crippen LogP contribution in [0.1, 0.15) is 0 Å². The van der Waals surface area contributed by atoms with Crippen molar-refractivity contribution in [3.63, 3.8) is 0 Å². The largest absolute Gasteiger partial charge is 0.310 e. The molecule has 12 rings (SSSR count). The summed E-state index contributed by atoms with van der Waals surface area (Å²) >= 11 is 0. The summed E-state index contributed by atoms with van der Waals surface area (Å²) in [4.78, 5) is 2.38.